The van der Waals surface area contributed by atoms with Crippen molar-refractivity contribution in [2.45, 2.75) is 6.54 Å². The molecule has 8 heteroatoms. The van der Waals surface area contributed by atoms with Gasteiger partial charge in [0.15, 0.2) is 0 Å². The van der Waals surface area contributed by atoms with Gasteiger partial charge in [0.2, 0.25) is 0 Å². The molecule has 0 bridgehead atoms. The van der Waals surface area contributed by atoms with E-state index in [0.717, 1.165) is 6.07 Å². The van der Waals surface area contributed by atoms with E-state index in [1.54, 1.807) is 0 Å². The van der Waals surface area contributed by atoms with Crippen LogP contribution in [0.15, 0.2) is 38.3 Å². The van der Waals surface area contributed by atoms with Crippen molar-refractivity contribution in [2.75, 3.05) is 0 Å². The third-order valence-corrected chi connectivity index (χ3v) is 2.95. The second kappa shape index (κ2) is 5.83. The largest absolute Gasteiger partial charge is 0.347 e. The normalized spacial score (nSPS) is 10.3. The molecule has 0 aliphatic carbocycles. The zero-order chi connectivity index (χ0) is 14.7. The molecule has 20 heavy (non-hydrogen) atoms. The fraction of sp³-hybridized carbons (Fsp3) is 0.0833. The van der Waals surface area contributed by atoms with E-state index in [-0.39, 0.29) is 17.8 Å². The monoisotopic (exact) mass is 341 g/mol. The average Bonchev–Trinajstić information content (AvgIpc) is 2.38. The first-order valence-electron chi connectivity index (χ1n) is 5.51. The number of aromatic amines is 2. The van der Waals surface area contributed by atoms with E-state index in [1.165, 1.54) is 18.2 Å². The van der Waals surface area contributed by atoms with E-state index in [1.807, 2.05) is 4.98 Å². The van der Waals surface area contributed by atoms with E-state index in [0.29, 0.717) is 4.47 Å². The molecule has 0 atom stereocenters. The van der Waals surface area contributed by atoms with Crippen LogP contribution in [0.25, 0.3) is 0 Å². The van der Waals surface area contributed by atoms with Crippen molar-refractivity contribution in [3.63, 3.8) is 0 Å². The molecule has 0 saturated carbocycles. The Balaban J connectivity index is 2.14. The second-order valence-corrected chi connectivity index (χ2v) is 4.84. The van der Waals surface area contributed by atoms with Gasteiger partial charge in [0.05, 0.1) is 0 Å². The summed E-state index contributed by atoms with van der Waals surface area (Å²) < 4.78 is 14.1. The molecule has 2 aromatic rings. The maximum Gasteiger partial charge on any atom is 0.326 e. The first-order chi connectivity index (χ1) is 9.45. The molecule has 0 unspecified atom stereocenters. The summed E-state index contributed by atoms with van der Waals surface area (Å²) in [4.78, 5) is 38.0. The molecule has 1 amide bonds. The van der Waals surface area contributed by atoms with E-state index in [4.69, 9.17) is 0 Å². The van der Waals surface area contributed by atoms with Crippen LogP contribution in [-0.4, -0.2) is 15.9 Å². The number of hydrogen-bond donors (Lipinski definition) is 3. The SMILES string of the molecule is O=C(NCc1cc(Br)ccc1F)c1cc(=O)[nH]c(=O)[nH]1. The Kier molecular flexibility index (Phi) is 4.14. The predicted octanol–water partition coefficient (Wildman–Crippen LogP) is 0.895. The molecule has 0 aliphatic heterocycles. The third-order valence-electron chi connectivity index (χ3n) is 2.45. The molecule has 0 spiro atoms. The van der Waals surface area contributed by atoms with Crippen LogP contribution in [0.3, 0.4) is 0 Å². The van der Waals surface area contributed by atoms with Crippen molar-refractivity contribution in [3.05, 3.63) is 66.7 Å². The minimum Gasteiger partial charge on any atom is -0.347 e. The van der Waals surface area contributed by atoms with E-state index >= 15 is 0 Å². The number of H-pyrrole nitrogens is 2. The smallest absolute Gasteiger partial charge is 0.326 e. The lowest BCUT2D eigenvalue weighted by atomic mass is 10.2. The van der Waals surface area contributed by atoms with Gasteiger partial charge in [0.1, 0.15) is 11.5 Å². The van der Waals surface area contributed by atoms with Crippen molar-refractivity contribution in [1.29, 1.82) is 0 Å². The van der Waals surface area contributed by atoms with Gasteiger partial charge in [-0.05, 0) is 18.2 Å². The summed E-state index contributed by atoms with van der Waals surface area (Å²) in [5, 5.41) is 2.42. The topological polar surface area (TPSA) is 94.8 Å². The maximum absolute atomic E-state index is 13.5. The number of carbonyl (C=O) groups is 1. The highest BCUT2D eigenvalue weighted by molar-refractivity contribution is 9.10. The minimum absolute atomic E-state index is 0.0705. The lowest BCUT2D eigenvalue weighted by Crippen LogP contribution is -2.30. The van der Waals surface area contributed by atoms with Gasteiger partial charge < -0.3 is 10.3 Å². The van der Waals surface area contributed by atoms with Crippen molar-refractivity contribution in [2.24, 2.45) is 0 Å². The molecule has 1 aromatic heterocycles. The Morgan fingerprint density at radius 2 is 2.00 bits per heavy atom. The first-order valence-corrected chi connectivity index (χ1v) is 6.31. The molecule has 104 valence electrons. The summed E-state index contributed by atoms with van der Waals surface area (Å²) in [7, 11) is 0. The number of hydrogen-bond acceptors (Lipinski definition) is 3. The molecule has 0 aliphatic rings. The minimum atomic E-state index is -0.781. The van der Waals surface area contributed by atoms with Crippen molar-refractivity contribution < 1.29 is 9.18 Å². The highest BCUT2D eigenvalue weighted by atomic mass is 79.9. The number of amides is 1. The van der Waals surface area contributed by atoms with Crippen LogP contribution in [0.4, 0.5) is 4.39 Å². The number of rotatable bonds is 3. The standard InChI is InChI=1S/C12H9BrFN3O3/c13-7-1-2-8(14)6(3-7)5-15-11(19)9-4-10(18)17-12(20)16-9/h1-4H,5H2,(H,15,19)(H2,16,17,18,20). The number of halogens is 2. The lowest BCUT2D eigenvalue weighted by Gasteiger charge is -2.06. The van der Waals surface area contributed by atoms with E-state index in [2.05, 4.69) is 26.2 Å². The van der Waals surface area contributed by atoms with Crippen molar-refractivity contribution in [1.82, 2.24) is 15.3 Å². The second-order valence-electron chi connectivity index (χ2n) is 3.92. The number of aromatic nitrogens is 2. The van der Waals surface area contributed by atoms with Crippen LogP contribution in [0, 0.1) is 5.82 Å². The van der Waals surface area contributed by atoms with Crippen molar-refractivity contribution in [3.8, 4) is 0 Å². The highest BCUT2D eigenvalue weighted by Gasteiger charge is 2.09. The quantitative estimate of drug-likeness (QED) is 0.773. The van der Waals surface area contributed by atoms with Crippen LogP contribution in [0.5, 0.6) is 0 Å². The van der Waals surface area contributed by atoms with Gasteiger partial charge in [0, 0.05) is 22.6 Å². The lowest BCUT2D eigenvalue weighted by molar-refractivity contribution is 0.0945. The predicted molar refractivity (Wildman–Crippen MR) is 73.0 cm³/mol. The van der Waals surface area contributed by atoms with E-state index < -0.39 is 23.0 Å². The Morgan fingerprint density at radius 1 is 1.25 bits per heavy atom. The van der Waals surface area contributed by atoms with Gasteiger partial charge in [-0.15, -0.1) is 0 Å². The zero-order valence-corrected chi connectivity index (χ0v) is 11.6. The van der Waals surface area contributed by atoms with Gasteiger partial charge >= 0.3 is 5.69 Å². The summed E-state index contributed by atoms with van der Waals surface area (Å²) in [6, 6.07) is 5.28. The molecule has 1 heterocycles. The van der Waals surface area contributed by atoms with Gasteiger partial charge in [-0.3, -0.25) is 14.6 Å². The molecule has 0 saturated heterocycles. The van der Waals surface area contributed by atoms with Gasteiger partial charge in [-0.1, -0.05) is 15.9 Å². The summed E-state index contributed by atoms with van der Waals surface area (Å²) >= 11 is 3.19. The molecule has 3 N–H and O–H groups in total. The summed E-state index contributed by atoms with van der Waals surface area (Å²) in [5.74, 6) is -1.14. The number of nitrogens with one attached hydrogen (secondary N) is 3. The first kappa shape index (κ1) is 14.2. The van der Waals surface area contributed by atoms with Crippen LogP contribution >= 0.6 is 15.9 Å². The maximum atomic E-state index is 13.5. The Labute approximate surface area is 120 Å². The molecular formula is C12H9BrFN3O3. The molecule has 0 fully saturated rings. The van der Waals surface area contributed by atoms with E-state index in [9.17, 15) is 18.8 Å². The Morgan fingerprint density at radius 3 is 2.70 bits per heavy atom. The van der Waals surface area contributed by atoms with Gasteiger partial charge in [-0.25, -0.2) is 9.18 Å². The van der Waals surface area contributed by atoms with Crippen LogP contribution in [0.1, 0.15) is 16.1 Å². The molecular weight excluding hydrogens is 333 g/mol. The fourth-order valence-corrected chi connectivity index (χ4v) is 1.95. The average molecular weight is 342 g/mol. The molecule has 6 nitrogen and oxygen atoms in total. The van der Waals surface area contributed by atoms with Crippen LogP contribution < -0.4 is 16.6 Å². The molecule has 2 rings (SSSR count). The summed E-state index contributed by atoms with van der Waals surface area (Å²) in [6.45, 7) is -0.0705. The summed E-state index contributed by atoms with van der Waals surface area (Å²) in [5.41, 5.74) is -1.38. The van der Waals surface area contributed by atoms with Crippen molar-refractivity contribution >= 4 is 21.8 Å². The fourth-order valence-electron chi connectivity index (χ4n) is 1.54. The Hall–Kier alpha value is -2.22. The number of benzene rings is 1. The zero-order valence-electron chi connectivity index (χ0n) is 10.00. The van der Waals surface area contributed by atoms with Gasteiger partial charge in [-0.2, -0.15) is 0 Å². The summed E-state index contributed by atoms with van der Waals surface area (Å²) in [6.07, 6.45) is 0. The third kappa shape index (κ3) is 3.41. The molecule has 0 radical (unpaired) electrons. The Bertz CT molecular complexity index is 741. The van der Waals surface area contributed by atoms with Crippen LogP contribution in [-0.2, 0) is 6.54 Å². The van der Waals surface area contributed by atoms with Gasteiger partial charge in [0.25, 0.3) is 11.5 Å². The highest BCUT2D eigenvalue weighted by Crippen LogP contribution is 2.15. The molecule has 1 aromatic carbocycles. The number of carbonyl (C=O) groups excluding carboxylic acids is 1. The van der Waals surface area contributed by atoms with Crippen LogP contribution in [0.2, 0.25) is 0 Å².